The number of carboxylic acids is 1. The van der Waals surface area contributed by atoms with Crippen molar-refractivity contribution < 1.29 is 29.3 Å². The summed E-state index contributed by atoms with van der Waals surface area (Å²) in [5.74, 6) is -3.19. The van der Waals surface area contributed by atoms with Crippen molar-refractivity contribution in [1.82, 2.24) is 5.32 Å². The summed E-state index contributed by atoms with van der Waals surface area (Å²) in [7, 11) is 0. The summed E-state index contributed by atoms with van der Waals surface area (Å²) >= 11 is 0. The van der Waals surface area contributed by atoms with Gasteiger partial charge in [0.05, 0.1) is 5.56 Å². The van der Waals surface area contributed by atoms with Crippen molar-refractivity contribution in [1.29, 1.82) is 0 Å². The number of carboxylic acid groups (broad SMARTS) is 1. The van der Waals surface area contributed by atoms with Crippen LogP contribution in [0.25, 0.3) is 0 Å². The second-order valence-electron chi connectivity index (χ2n) is 7.38. The van der Waals surface area contributed by atoms with Gasteiger partial charge in [-0.1, -0.05) is 36.4 Å². The monoisotopic (exact) mass is 383 g/mol. The summed E-state index contributed by atoms with van der Waals surface area (Å²) in [4.78, 5) is 36.4. The van der Waals surface area contributed by atoms with Gasteiger partial charge in [0.1, 0.15) is 23.0 Å². The average molecular weight is 383 g/mol. The Bertz CT molecular complexity index is 935. The van der Waals surface area contributed by atoms with Gasteiger partial charge in [-0.3, -0.25) is 4.79 Å². The highest BCUT2D eigenvalue weighted by Crippen LogP contribution is 2.35. The van der Waals surface area contributed by atoms with Crippen molar-refractivity contribution in [3.63, 3.8) is 0 Å². The van der Waals surface area contributed by atoms with Crippen LogP contribution in [-0.4, -0.2) is 39.7 Å². The number of fused-ring (bicyclic) bond motifs is 1. The molecule has 0 aliphatic carbocycles. The topological polar surface area (TPSA) is 113 Å². The first kappa shape index (κ1) is 19.4. The fourth-order valence-electron chi connectivity index (χ4n) is 3.27. The SMILES string of the molecule is CC1(C)Cc2ccc(C(=O)N[C@@H](Cc3ccccc3)C(=O)O)c(O)c2C(=O)O1. The predicted octanol–water partition coefficient (Wildman–Crippen LogP) is 2.31. The van der Waals surface area contributed by atoms with Crippen LogP contribution in [0.1, 0.15) is 45.7 Å². The molecule has 2 aromatic carbocycles. The lowest BCUT2D eigenvalue weighted by molar-refractivity contribution is -0.139. The number of amides is 1. The summed E-state index contributed by atoms with van der Waals surface area (Å²) < 4.78 is 5.29. The second-order valence-corrected chi connectivity index (χ2v) is 7.38. The third-order valence-electron chi connectivity index (χ3n) is 4.58. The van der Waals surface area contributed by atoms with Gasteiger partial charge in [0.15, 0.2) is 0 Å². The number of phenolic OH excluding ortho intramolecular Hbond substituents is 1. The molecule has 0 saturated carbocycles. The Balaban J connectivity index is 1.85. The van der Waals surface area contributed by atoms with E-state index in [0.717, 1.165) is 5.56 Å². The van der Waals surface area contributed by atoms with Gasteiger partial charge in [-0.25, -0.2) is 9.59 Å². The molecule has 28 heavy (non-hydrogen) atoms. The fourth-order valence-corrected chi connectivity index (χ4v) is 3.27. The van der Waals surface area contributed by atoms with Crippen LogP contribution in [0.15, 0.2) is 42.5 Å². The lowest BCUT2D eigenvalue weighted by Crippen LogP contribution is -2.42. The van der Waals surface area contributed by atoms with E-state index in [0.29, 0.717) is 12.0 Å². The van der Waals surface area contributed by atoms with E-state index in [4.69, 9.17) is 4.74 Å². The number of aromatic hydroxyl groups is 1. The van der Waals surface area contributed by atoms with Crippen molar-refractivity contribution in [2.45, 2.75) is 38.3 Å². The normalized spacial score (nSPS) is 15.9. The standard InChI is InChI=1S/C21H21NO6/c1-21(2)11-13-8-9-14(17(23)16(13)20(27)28-21)18(24)22-15(19(25)26)10-12-6-4-3-5-7-12/h3-9,15,23H,10-11H2,1-2H3,(H,22,24)(H,25,26)/t15-/m0/s1. The number of phenols is 1. The Morgan fingerprint density at radius 1 is 1.18 bits per heavy atom. The minimum absolute atomic E-state index is 0.0538. The number of aliphatic carboxylic acids is 1. The fraction of sp³-hybridized carbons (Fsp3) is 0.286. The van der Waals surface area contributed by atoms with Crippen LogP contribution < -0.4 is 5.32 Å². The average Bonchev–Trinajstić information content (AvgIpc) is 2.60. The van der Waals surface area contributed by atoms with Gasteiger partial charge in [0.25, 0.3) is 5.91 Å². The maximum absolute atomic E-state index is 12.6. The Labute approximate surface area is 162 Å². The minimum Gasteiger partial charge on any atom is -0.506 e. The van der Waals surface area contributed by atoms with Crippen LogP contribution in [0.4, 0.5) is 0 Å². The minimum atomic E-state index is -1.20. The largest absolute Gasteiger partial charge is 0.506 e. The lowest BCUT2D eigenvalue weighted by Gasteiger charge is -2.31. The number of hydrogen-bond donors (Lipinski definition) is 3. The summed E-state index contributed by atoms with van der Waals surface area (Å²) in [5, 5.41) is 22.3. The van der Waals surface area contributed by atoms with Crippen LogP contribution in [0.2, 0.25) is 0 Å². The highest BCUT2D eigenvalue weighted by Gasteiger charge is 2.36. The molecule has 3 rings (SSSR count). The molecule has 0 saturated heterocycles. The van der Waals surface area contributed by atoms with Crippen molar-refractivity contribution in [3.8, 4) is 5.75 Å². The molecule has 1 heterocycles. The van der Waals surface area contributed by atoms with Gasteiger partial charge in [0, 0.05) is 12.8 Å². The summed E-state index contributed by atoms with van der Waals surface area (Å²) in [6.45, 7) is 3.51. The molecule has 1 atom stereocenters. The number of ether oxygens (including phenoxy) is 1. The smallest absolute Gasteiger partial charge is 0.342 e. The predicted molar refractivity (Wildman–Crippen MR) is 100 cm³/mol. The maximum Gasteiger partial charge on any atom is 0.342 e. The van der Waals surface area contributed by atoms with E-state index < -0.39 is 35.2 Å². The van der Waals surface area contributed by atoms with E-state index in [1.807, 2.05) is 6.07 Å². The Morgan fingerprint density at radius 2 is 1.86 bits per heavy atom. The number of nitrogens with one attached hydrogen (secondary N) is 1. The summed E-state index contributed by atoms with van der Waals surface area (Å²) in [6, 6.07) is 10.7. The Hall–Kier alpha value is -3.35. The van der Waals surface area contributed by atoms with E-state index in [-0.39, 0.29) is 17.5 Å². The third kappa shape index (κ3) is 3.98. The number of hydrogen-bond acceptors (Lipinski definition) is 5. The molecule has 1 aliphatic rings. The first-order valence-electron chi connectivity index (χ1n) is 8.84. The Morgan fingerprint density at radius 3 is 2.50 bits per heavy atom. The van der Waals surface area contributed by atoms with Crippen LogP contribution in [0.5, 0.6) is 5.75 Å². The molecule has 0 spiro atoms. The quantitative estimate of drug-likeness (QED) is 0.683. The summed E-state index contributed by atoms with van der Waals surface area (Å²) in [6.07, 6.45) is 0.485. The van der Waals surface area contributed by atoms with E-state index in [1.165, 1.54) is 6.07 Å². The van der Waals surface area contributed by atoms with Crippen molar-refractivity contribution in [2.75, 3.05) is 0 Å². The molecular weight excluding hydrogens is 362 g/mol. The molecule has 3 N–H and O–H groups in total. The zero-order chi connectivity index (χ0) is 20.5. The number of benzene rings is 2. The molecule has 0 aromatic heterocycles. The number of carbonyl (C=O) groups is 3. The molecular formula is C21H21NO6. The van der Waals surface area contributed by atoms with Gasteiger partial charge in [-0.15, -0.1) is 0 Å². The van der Waals surface area contributed by atoms with Crippen molar-refractivity contribution in [2.24, 2.45) is 0 Å². The first-order chi connectivity index (χ1) is 13.2. The van der Waals surface area contributed by atoms with E-state index in [1.54, 1.807) is 44.2 Å². The highest BCUT2D eigenvalue weighted by molar-refractivity contribution is 6.04. The van der Waals surface area contributed by atoms with Crippen LogP contribution in [0.3, 0.4) is 0 Å². The molecule has 7 nitrogen and oxygen atoms in total. The van der Waals surface area contributed by atoms with Crippen LogP contribution in [0, 0.1) is 0 Å². The molecule has 146 valence electrons. The molecule has 1 amide bonds. The van der Waals surface area contributed by atoms with Crippen molar-refractivity contribution in [3.05, 3.63) is 64.7 Å². The van der Waals surface area contributed by atoms with E-state index in [2.05, 4.69) is 5.32 Å². The number of carbonyl (C=O) groups excluding carboxylic acids is 2. The first-order valence-corrected chi connectivity index (χ1v) is 8.84. The van der Waals surface area contributed by atoms with Crippen molar-refractivity contribution >= 4 is 17.8 Å². The molecule has 0 fully saturated rings. The van der Waals surface area contributed by atoms with Gasteiger partial charge in [-0.2, -0.15) is 0 Å². The summed E-state index contributed by atoms with van der Waals surface area (Å²) in [5.41, 5.74) is 0.395. The molecule has 1 aliphatic heterocycles. The lowest BCUT2D eigenvalue weighted by atomic mass is 9.89. The Kier molecular flexibility index (Phi) is 5.09. The number of rotatable bonds is 5. The van der Waals surface area contributed by atoms with Gasteiger partial charge < -0.3 is 20.3 Å². The molecule has 7 heteroatoms. The molecule has 0 radical (unpaired) electrons. The zero-order valence-corrected chi connectivity index (χ0v) is 15.6. The molecule has 2 aromatic rings. The second kappa shape index (κ2) is 7.34. The number of cyclic esters (lactones) is 1. The van der Waals surface area contributed by atoms with Crippen LogP contribution >= 0.6 is 0 Å². The third-order valence-corrected chi connectivity index (χ3v) is 4.58. The van der Waals surface area contributed by atoms with Crippen LogP contribution in [-0.2, 0) is 22.4 Å². The van der Waals surface area contributed by atoms with Gasteiger partial charge in [-0.05, 0) is 31.0 Å². The van der Waals surface area contributed by atoms with Gasteiger partial charge in [0.2, 0.25) is 0 Å². The highest BCUT2D eigenvalue weighted by atomic mass is 16.6. The van der Waals surface area contributed by atoms with E-state index >= 15 is 0 Å². The zero-order valence-electron chi connectivity index (χ0n) is 15.6. The van der Waals surface area contributed by atoms with E-state index in [9.17, 15) is 24.6 Å². The maximum atomic E-state index is 12.6. The van der Waals surface area contributed by atoms with Gasteiger partial charge >= 0.3 is 11.9 Å². The molecule has 0 bridgehead atoms. The number of esters is 1. The molecule has 0 unspecified atom stereocenters.